The molecule has 0 amide bonds. The second-order valence-electron chi connectivity index (χ2n) is 21.7. The van der Waals surface area contributed by atoms with Crippen molar-refractivity contribution in [1.82, 2.24) is 0 Å². The molecule has 0 bridgehead atoms. The van der Waals surface area contributed by atoms with Crippen molar-refractivity contribution in [2.45, 2.75) is 146 Å². The minimum atomic E-state index is -0.212. The molecule has 1 fully saturated rings. The van der Waals surface area contributed by atoms with E-state index < -0.39 is 0 Å². The van der Waals surface area contributed by atoms with Gasteiger partial charge in [-0.3, -0.25) is 9.59 Å². The van der Waals surface area contributed by atoms with Gasteiger partial charge in [0.25, 0.3) is 0 Å². The maximum absolute atomic E-state index is 15.7. The summed E-state index contributed by atoms with van der Waals surface area (Å²) in [5.74, 6) is 1.53. The molecule has 0 saturated heterocycles. The van der Waals surface area contributed by atoms with Crippen LogP contribution in [0.1, 0.15) is 179 Å². The molecule has 7 aromatic rings. The van der Waals surface area contributed by atoms with Gasteiger partial charge in [0.2, 0.25) is 0 Å². The highest BCUT2D eigenvalue weighted by Crippen LogP contribution is 2.46. The largest absolute Gasteiger partial charge is 0.355 e. The molecular formula is C66H73N3O2S. The van der Waals surface area contributed by atoms with Crippen LogP contribution in [0.15, 0.2) is 155 Å². The lowest BCUT2D eigenvalue weighted by Gasteiger charge is -2.29. The molecule has 0 spiro atoms. The number of hydrogen-bond donors (Lipinski definition) is 3. The number of fused-ring (bicyclic) bond motifs is 2. The molecular weight excluding hydrogens is 899 g/mol. The van der Waals surface area contributed by atoms with Crippen LogP contribution in [0.3, 0.4) is 0 Å². The van der Waals surface area contributed by atoms with Gasteiger partial charge in [0.15, 0.2) is 11.6 Å². The number of nitrogens with one attached hydrogen (secondary N) is 3. The Hall–Kier alpha value is -6.37. The molecule has 0 atom stereocenters. The first-order chi connectivity index (χ1) is 34.9. The zero-order valence-electron chi connectivity index (χ0n) is 43.6. The number of unbranched alkanes of at least 4 members (excludes halogenated alkanes) is 3. The van der Waals surface area contributed by atoms with E-state index in [-0.39, 0.29) is 17.0 Å². The van der Waals surface area contributed by atoms with Gasteiger partial charge >= 0.3 is 0 Å². The Morgan fingerprint density at radius 3 is 1.54 bits per heavy atom. The maximum Gasteiger partial charge on any atom is 0.198 e. The van der Waals surface area contributed by atoms with Gasteiger partial charge < -0.3 is 16.0 Å². The molecule has 2 aliphatic carbocycles. The quantitative estimate of drug-likeness (QED) is 0.0745. The summed E-state index contributed by atoms with van der Waals surface area (Å²) in [6, 6.07) is 50.8. The zero-order valence-corrected chi connectivity index (χ0v) is 44.4. The van der Waals surface area contributed by atoms with Gasteiger partial charge in [-0.15, -0.1) is 0 Å². The molecule has 370 valence electrons. The number of anilines is 6. The second-order valence-corrected chi connectivity index (χ2v) is 22.8. The second kappa shape index (κ2) is 22.6. The molecule has 3 N–H and O–H groups in total. The van der Waals surface area contributed by atoms with Gasteiger partial charge in [0.05, 0.1) is 33.8 Å². The van der Waals surface area contributed by atoms with E-state index in [2.05, 4.69) is 174 Å². The molecule has 0 radical (unpaired) electrons. The molecule has 5 nitrogen and oxygen atoms in total. The number of hydrogen-bond acceptors (Lipinski definition) is 6. The monoisotopic (exact) mass is 972 g/mol. The number of ketones is 2. The van der Waals surface area contributed by atoms with E-state index in [0.29, 0.717) is 51.2 Å². The van der Waals surface area contributed by atoms with E-state index in [1.165, 1.54) is 90.9 Å². The fraction of sp³-hybridized carbons (Fsp3) is 0.333. The number of aryl methyl sites for hydroxylation is 1. The Labute approximate surface area is 434 Å². The first-order valence-corrected chi connectivity index (χ1v) is 27.6. The molecule has 0 aromatic heterocycles. The molecule has 2 aliphatic rings. The molecule has 9 rings (SSSR count). The van der Waals surface area contributed by atoms with Crippen LogP contribution in [0.5, 0.6) is 0 Å². The van der Waals surface area contributed by atoms with Crippen molar-refractivity contribution in [2.24, 2.45) is 5.92 Å². The normalized spacial score (nSPS) is 15.6. The Kier molecular flexibility index (Phi) is 15.9. The van der Waals surface area contributed by atoms with Gasteiger partial charge in [-0.1, -0.05) is 165 Å². The van der Waals surface area contributed by atoms with E-state index in [0.717, 1.165) is 57.6 Å². The summed E-state index contributed by atoms with van der Waals surface area (Å²) in [4.78, 5) is 33.1. The Bertz CT molecular complexity index is 2980. The summed E-state index contributed by atoms with van der Waals surface area (Å²) in [5.41, 5.74) is 13.3. The van der Waals surface area contributed by atoms with Crippen molar-refractivity contribution < 1.29 is 9.59 Å². The summed E-state index contributed by atoms with van der Waals surface area (Å²) in [7, 11) is 0. The number of carbonyl (C=O) groups excluding carboxylic acids is 2. The standard InChI is InChI=1S/C66H73N3O2S/c1-8-10-12-14-45-15-19-47(20-16-45)48-21-23-49(24-22-48)50-27-37-55(38-28-50)72-59-42-41-58(68-53-33-25-46(26-34-53)43(3)4)62-63(59)65(71)61-57(69-54-35-29-51(30-36-54)66(5,6)7)40-39-56(60(61)64(62)70)67-52-31-17-44(18-32-52)13-11-9-2/h17-18,21-43,45,47,67-69H,8-16,19-20H2,1-7H3. The van der Waals surface area contributed by atoms with Gasteiger partial charge in [0, 0.05) is 32.4 Å². The molecule has 72 heavy (non-hydrogen) atoms. The maximum atomic E-state index is 15.7. The SMILES string of the molecule is CCCCCC1CCC(c2ccc(-c3ccc(Sc4ccc(Nc5ccc(C(C)C)cc5)c5c4C(=O)c4c(Nc6ccc(C(C)(C)C)cc6)ccc(Nc6ccc(CCCC)cc6)c4C5=O)cc3)cc2)CC1. The van der Waals surface area contributed by atoms with Crippen LogP contribution in [-0.2, 0) is 11.8 Å². The average Bonchev–Trinajstić information content (AvgIpc) is 3.39. The predicted molar refractivity (Wildman–Crippen MR) is 305 cm³/mol. The first-order valence-electron chi connectivity index (χ1n) is 26.8. The lowest BCUT2D eigenvalue weighted by molar-refractivity contribution is 0.0978. The van der Waals surface area contributed by atoms with Crippen LogP contribution in [0.25, 0.3) is 11.1 Å². The molecule has 0 heterocycles. The fourth-order valence-corrected chi connectivity index (χ4v) is 11.6. The summed E-state index contributed by atoms with van der Waals surface area (Å²) in [6.45, 7) is 15.5. The van der Waals surface area contributed by atoms with Crippen LogP contribution in [0.2, 0.25) is 0 Å². The molecule has 7 aromatic carbocycles. The number of benzene rings is 7. The Morgan fingerprint density at radius 2 is 1.01 bits per heavy atom. The van der Waals surface area contributed by atoms with Crippen LogP contribution in [-0.4, -0.2) is 11.6 Å². The topological polar surface area (TPSA) is 70.2 Å². The number of carbonyl (C=O) groups is 2. The summed E-state index contributed by atoms with van der Waals surface area (Å²) < 4.78 is 0. The first kappa shape index (κ1) is 50.6. The molecule has 0 unspecified atom stereocenters. The highest BCUT2D eigenvalue weighted by atomic mass is 32.2. The Balaban J connectivity index is 1.06. The third-order valence-electron chi connectivity index (χ3n) is 15.1. The van der Waals surface area contributed by atoms with Crippen molar-refractivity contribution in [3.8, 4) is 11.1 Å². The highest BCUT2D eigenvalue weighted by molar-refractivity contribution is 7.99. The lowest BCUT2D eigenvalue weighted by Crippen LogP contribution is -2.25. The molecule has 0 aliphatic heterocycles. The Morgan fingerprint density at radius 1 is 0.528 bits per heavy atom. The smallest absolute Gasteiger partial charge is 0.198 e. The fourth-order valence-electron chi connectivity index (χ4n) is 10.6. The van der Waals surface area contributed by atoms with E-state index in [1.54, 1.807) is 0 Å². The van der Waals surface area contributed by atoms with Crippen LogP contribution < -0.4 is 16.0 Å². The summed E-state index contributed by atoms with van der Waals surface area (Å²) >= 11 is 1.52. The van der Waals surface area contributed by atoms with Gasteiger partial charge in [-0.05, 0) is 168 Å². The molecule has 6 heteroatoms. The van der Waals surface area contributed by atoms with Crippen molar-refractivity contribution in [2.75, 3.05) is 16.0 Å². The summed E-state index contributed by atoms with van der Waals surface area (Å²) in [6.07, 6.45) is 14.0. The highest BCUT2D eigenvalue weighted by Gasteiger charge is 2.38. The van der Waals surface area contributed by atoms with E-state index in [4.69, 9.17) is 0 Å². The minimum Gasteiger partial charge on any atom is -0.355 e. The van der Waals surface area contributed by atoms with Crippen LogP contribution in [0, 0.1) is 5.92 Å². The average molecular weight is 972 g/mol. The predicted octanol–water partition coefficient (Wildman–Crippen LogP) is 19.1. The third kappa shape index (κ3) is 11.6. The van der Waals surface area contributed by atoms with Gasteiger partial charge in [-0.2, -0.15) is 0 Å². The minimum absolute atomic E-state index is 0.0143. The molecule has 1 saturated carbocycles. The van der Waals surface area contributed by atoms with Gasteiger partial charge in [-0.25, -0.2) is 0 Å². The van der Waals surface area contributed by atoms with Crippen LogP contribution in [0.4, 0.5) is 34.1 Å². The van der Waals surface area contributed by atoms with Crippen molar-refractivity contribution in [3.63, 3.8) is 0 Å². The van der Waals surface area contributed by atoms with Crippen molar-refractivity contribution in [1.29, 1.82) is 0 Å². The van der Waals surface area contributed by atoms with Crippen molar-refractivity contribution in [3.05, 3.63) is 190 Å². The number of rotatable bonds is 18. The van der Waals surface area contributed by atoms with Gasteiger partial charge in [0.1, 0.15) is 0 Å². The van der Waals surface area contributed by atoms with Crippen LogP contribution >= 0.6 is 11.8 Å². The van der Waals surface area contributed by atoms with E-state index >= 15 is 9.59 Å². The van der Waals surface area contributed by atoms with Crippen molar-refractivity contribution >= 4 is 57.5 Å². The van der Waals surface area contributed by atoms with E-state index in [9.17, 15) is 0 Å². The zero-order chi connectivity index (χ0) is 50.4. The lowest BCUT2D eigenvalue weighted by atomic mass is 9.77. The summed E-state index contributed by atoms with van der Waals surface area (Å²) in [5, 5.41) is 10.7. The third-order valence-corrected chi connectivity index (χ3v) is 16.1. The van der Waals surface area contributed by atoms with E-state index in [1.807, 2.05) is 36.4 Å².